The fraction of sp³-hybridized carbons (Fsp3) is 0.417. The van der Waals surface area contributed by atoms with Gasteiger partial charge in [-0.05, 0) is 24.5 Å². The number of para-hydroxylation sites is 1. The Morgan fingerprint density at radius 3 is 3.06 bits per heavy atom. The van der Waals surface area contributed by atoms with Crippen LogP contribution in [0.2, 0.25) is 0 Å². The summed E-state index contributed by atoms with van der Waals surface area (Å²) in [5, 5.41) is 11.5. The normalized spacial score (nSPS) is 16.0. The van der Waals surface area contributed by atoms with Crippen molar-refractivity contribution in [1.82, 2.24) is 0 Å². The van der Waals surface area contributed by atoms with Crippen LogP contribution in [0, 0.1) is 0 Å². The Kier molecular flexibility index (Phi) is 3.29. The number of hydrogen-bond acceptors (Lipinski definition) is 3. The second-order valence-corrected chi connectivity index (χ2v) is 4.06. The maximum atomic E-state index is 8.50. The molecule has 1 aliphatic heterocycles. The maximum Gasteiger partial charge on any atom is 0.140 e. The van der Waals surface area contributed by atoms with Crippen LogP contribution in [0.4, 0.5) is 5.69 Å². The van der Waals surface area contributed by atoms with E-state index in [9.17, 15) is 0 Å². The third kappa shape index (κ3) is 2.27. The lowest BCUT2D eigenvalue weighted by Crippen LogP contribution is -2.32. The molecule has 0 radical (unpaired) electrons. The second-order valence-electron chi connectivity index (χ2n) is 4.06. The van der Waals surface area contributed by atoms with Crippen molar-refractivity contribution in [2.75, 3.05) is 18.0 Å². The van der Waals surface area contributed by atoms with Crippen molar-refractivity contribution in [2.45, 2.75) is 19.3 Å². The first kappa shape index (κ1) is 10.8. The predicted octanol–water partition coefficient (Wildman–Crippen LogP) is 1.58. The smallest absolute Gasteiger partial charge is 0.140 e. The zero-order valence-electron chi connectivity index (χ0n) is 9.26. The van der Waals surface area contributed by atoms with E-state index in [1.165, 1.54) is 17.7 Å². The van der Waals surface area contributed by atoms with Gasteiger partial charge in [0.1, 0.15) is 5.84 Å². The molecular weight excluding hydrogens is 202 g/mol. The summed E-state index contributed by atoms with van der Waals surface area (Å²) < 4.78 is 0. The van der Waals surface area contributed by atoms with Crippen molar-refractivity contribution in [3.05, 3.63) is 29.8 Å². The van der Waals surface area contributed by atoms with Crippen molar-refractivity contribution in [1.29, 1.82) is 0 Å². The molecule has 0 spiro atoms. The molecule has 0 fully saturated rings. The monoisotopic (exact) mass is 219 g/mol. The highest BCUT2D eigenvalue weighted by molar-refractivity contribution is 5.80. The van der Waals surface area contributed by atoms with E-state index in [-0.39, 0.29) is 0 Å². The van der Waals surface area contributed by atoms with Gasteiger partial charge in [-0.25, -0.2) is 0 Å². The summed E-state index contributed by atoms with van der Waals surface area (Å²) in [6.07, 6.45) is 2.92. The summed E-state index contributed by atoms with van der Waals surface area (Å²) in [5.41, 5.74) is 8.17. The van der Waals surface area contributed by atoms with E-state index >= 15 is 0 Å². The Bertz CT molecular complexity index is 390. The summed E-state index contributed by atoms with van der Waals surface area (Å²) in [4.78, 5) is 2.30. The molecule has 0 saturated heterocycles. The number of aryl methyl sites for hydroxylation is 1. The van der Waals surface area contributed by atoms with Crippen LogP contribution < -0.4 is 10.6 Å². The third-order valence-corrected chi connectivity index (χ3v) is 2.97. The van der Waals surface area contributed by atoms with Gasteiger partial charge >= 0.3 is 0 Å². The molecule has 1 aromatic rings. The average Bonchev–Trinajstić information content (AvgIpc) is 2.35. The summed E-state index contributed by atoms with van der Waals surface area (Å²) >= 11 is 0. The molecule has 1 heterocycles. The quantitative estimate of drug-likeness (QED) is 0.351. The van der Waals surface area contributed by atoms with Crippen LogP contribution in [0.15, 0.2) is 29.4 Å². The standard InChI is InChI=1S/C12H17N3O/c13-12(14-16)7-9-15-8-3-5-10-4-1-2-6-11(10)15/h1-2,4,6,16H,3,5,7-9H2,(H2,13,14). The molecule has 0 bridgehead atoms. The minimum Gasteiger partial charge on any atom is -0.409 e. The number of rotatable bonds is 3. The number of nitrogens with two attached hydrogens (primary N) is 1. The number of oxime groups is 1. The molecule has 0 aromatic heterocycles. The van der Waals surface area contributed by atoms with Gasteiger partial charge in [-0.15, -0.1) is 0 Å². The molecule has 0 aliphatic carbocycles. The largest absolute Gasteiger partial charge is 0.409 e. The van der Waals surface area contributed by atoms with Crippen molar-refractivity contribution < 1.29 is 5.21 Å². The fourth-order valence-electron chi connectivity index (χ4n) is 2.14. The molecule has 3 N–H and O–H groups in total. The third-order valence-electron chi connectivity index (χ3n) is 2.97. The van der Waals surface area contributed by atoms with Crippen LogP contribution in [-0.4, -0.2) is 24.1 Å². The molecule has 4 heteroatoms. The Balaban J connectivity index is 2.07. The lowest BCUT2D eigenvalue weighted by atomic mass is 10.0. The summed E-state index contributed by atoms with van der Waals surface area (Å²) in [5.74, 6) is 0.294. The number of anilines is 1. The lowest BCUT2D eigenvalue weighted by molar-refractivity contribution is 0.317. The summed E-state index contributed by atoms with van der Waals surface area (Å²) in [7, 11) is 0. The zero-order chi connectivity index (χ0) is 11.4. The number of hydrogen-bond donors (Lipinski definition) is 2. The molecule has 0 atom stereocenters. The van der Waals surface area contributed by atoms with E-state index in [2.05, 4.69) is 34.3 Å². The minimum absolute atomic E-state index is 0.294. The van der Waals surface area contributed by atoms with Gasteiger partial charge in [0.15, 0.2) is 0 Å². The molecular formula is C12H17N3O. The molecule has 16 heavy (non-hydrogen) atoms. The predicted molar refractivity (Wildman–Crippen MR) is 65.0 cm³/mol. The minimum atomic E-state index is 0.294. The van der Waals surface area contributed by atoms with Gasteiger partial charge < -0.3 is 15.8 Å². The Morgan fingerprint density at radius 1 is 1.44 bits per heavy atom. The van der Waals surface area contributed by atoms with E-state index in [4.69, 9.17) is 10.9 Å². The number of amidine groups is 1. The van der Waals surface area contributed by atoms with Gasteiger partial charge in [0.2, 0.25) is 0 Å². The van der Waals surface area contributed by atoms with E-state index in [1.807, 2.05) is 0 Å². The van der Waals surface area contributed by atoms with Crippen LogP contribution in [-0.2, 0) is 6.42 Å². The summed E-state index contributed by atoms with van der Waals surface area (Å²) in [6.45, 7) is 1.86. The van der Waals surface area contributed by atoms with Gasteiger partial charge in [-0.2, -0.15) is 0 Å². The van der Waals surface area contributed by atoms with Crippen molar-refractivity contribution in [3.63, 3.8) is 0 Å². The molecule has 0 saturated carbocycles. The number of nitrogens with zero attached hydrogens (tertiary/aromatic N) is 2. The van der Waals surface area contributed by atoms with E-state index in [0.29, 0.717) is 12.3 Å². The molecule has 0 unspecified atom stereocenters. The SMILES string of the molecule is N/C(CCN1CCCc2ccccc21)=N\O. The highest BCUT2D eigenvalue weighted by atomic mass is 16.4. The highest BCUT2D eigenvalue weighted by Crippen LogP contribution is 2.26. The van der Waals surface area contributed by atoms with E-state index < -0.39 is 0 Å². The topological polar surface area (TPSA) is 61.8 Å². The zero-order valence-corrected chi connectivity index (χ0v) is 9.26. The highest BCUT2D eigenvalue weighted by Gasteiger charge is 2.15. The maximum absolute atomic E-state index is 8.50. The number of fused-ring (bicyclic) bond motifs is 1. The van der Waals surface area contributed by atoms with Crippen LogP contribution in [0.25, 0.3) is 0 Å². The molecule has 86 valence electrons. The first-order valence-electron chi connectivity index (χ1n) is 5.60. The Morgan fingerprint density at radius 2 is 2.25 bits per heavy atom. The Labute approximate surface area is 95.4 Å². The van der Waals surface area contributed by atoms with Crippen molar-refractivity contribution >= 4 is 11.5 Å². The molecule has 1 aromatic carbocycles. The molecule has 4 nitrogen and oxygen atoms in total. The van der Waals surface area contributed by atoms with Gasteiger partial charge in [-0.1, -0.05) is 23.4 Å². The van der Waals surface area contributed by atoms with E-state index in [0.717, 1.165) is 19.5 Å². The van der Waals surface area contributed by atoms with Crippen molar-refractivity contribution in [3.8, 4) is 0 Å². The van der Waals surface area contributed by atoms with Crippen molar-refractivity contribution in [2.24, 2.45) is 10.9 Å². The molecule has 2 rings (SSSR count). The van der Waals surface area contributed by atoms with Gasteiger partial charge in [0.05, 0.1) is 0 Å². The van der Waals surface area contributed by atoms with Gasteiger partial charge in [0.25, 0.3) is 0 Å². The van der Waals surface area contributed by atoms with Crippen LogP contribution >= 0.6 is 0 Å². The average molecular weight is 219 g/mol. The van der Waals surface area contributed by atoms with Crippen LogP contribution in [0.3, 0.4) is 0 Å². The van der Waals surface area contributed by atoms with E-state index in [1.54, 1.807) is 0 Å². The van der Waals surface area contributed by atoms with Crippen LogP contribution in [0.1, 0.15) is 18.4 Å². The Hall–Kier alpha value is -1.71. The lowest BCUT2D eigenvalue weighted by Gasteiger charge is -2.31. The van der Waals surface area contributed by atoms with Crippen LogP contribution in [0.5, 0.6) is 0 Å². The molecule has 1 aliphatic rings. The first-order chi connectivity index (χ1) is 7.81. The van der Waals surface area contributed by atoms with Gasteiger partial charge in [0, 0.05) is 25.2 Å². The second kappa shape index (κ2) is 4.88. The fourth-order valence-corrected chi connectivity index (χ4v) is 2.14. The molecule has 0 amide bonds. The number of benzene rings is 1. The first-order valence-corrected chi connectivity index (χ1v) is 5.60. The summed E-state index contributed by atoms with van der Waals surface area (Å²) in [6, 6.07) is 8.44. The van der Waals surface area contributed by atoms with Gasteiger partial charge in [-0.3, -0.25) is 0 Å².